The first-order chi connectivity index (χ1) is 15.2. The summed E-state index contributed by atoms with van der Waals surface area (Å²) < 4.78 is 15.3. The van der Waals surface area contributed by atoms with Crippen molar-refractivity contribution in [2.45, 2.75) is 45.3 Å². The van der Waals surface area contributed by atoms with E-state index >= 15 is 0 Å². The summed E-state index contributed by atoms with van der Waals surface area (Å²) in [6.07, 6.45) is 7.18. The minimum Gasteiger partial charge on any atom is -0.363 e. The van der Waals surface area contributed by atoms with Crippen LogP contribution in [0.3, 0.4) is 0 Å². The van der Waals surface area contributed by atoms with Crippen molar-refractivity contribution < 1.29 is 9.18 Å². The first kappa shape index (κ1) is 20.5. The fourth-order valence-corrected chi connectivity index (χ4v) is 4.29. The van der Waals surface area contributed by atoms with Crippen LogP contribution in [0.15, 0.2) is 45.8 Å². The van der Waals surface area contributed by atoms with Gasteiger partial charge in [-0.3, -0.25) is 19.6 Å². The number of aliphatic imine (C=N–C) groups is 2. The maximum Gasteiger partial charge on any atom is 0.267 e. The number of anilines is 2. The van der Waals surface area contributed by atoms with Crippen molar-refractivity contribution in [3.8, 4) is 0 Å². The number of amidine groups is 1. The summed E-state index contributed by atoms with van der Waals surface area (Å²) in [7, 11) is 1.74. The van der Waals surface area contributed by atoms with Gasteiger partial charge in [-0.05, 0) is 44.9 Å². The van der Waals surface area contributed by atoms with Gasteiger partial charge in [-0.2, -0.15) is 5.10 Å². The van der Waals surface area contributed by atoms with Gasteiger partial charge in [0.25, 0.3) is 5.91 Å². The molecule has 0 bridgehead atoms. The lowest BCUT2D eigenvalue weighted by atomic mass is 10.1. The molecule has 4 heterocycles. The van der Waals surface area contributed by atoms with Gasteiger partial charge in [-0.1, -0.05) is 6.08 Å². The summed E-state index contributed by atoms with van der Waals surface area (Å²) in [5.74, 6) is 2.30. The number of rotatable bonds is 4. The van der Waals surface area contributed by atoms with Crippen LogP contribution in [-0.4, -0.2) is 64.1 Å². The minimum absolute atomic E-state index is 0.143. The molecule has 0 saturated heterocycles. The van der Waals surface area contributed by atoms with E-state index in [-0.39, 0.29) is 23.3 Å². The van der Waals surface area contributed by atoms with Crippen LogP contribution in [0.25, 0.3) is 0 Å². The molecule has 5 rings (SSSR count). The highest BCUT2D eigenvalue weighted by Crippen LogP contribution is 2.38. The summed E-state index contributed by atoms with van der Waals surface area (Å²) in [6.45, 7) is 7.67. The molecule has 0 aromatic carbocycles. The molecule has 1 amide bonds. The third-order valence-electron chi connectivity index (χ3n) is 5.93. The van der Waals surface area contributed by atoms with Gasteiger partial charge < -0.3 is 10.6 Å². The SMILES string of the molecule is CC1=NCC(Cn2nc3c(c2NC2C=CC(F)=CC2)C(=O)N(C)C2=NC(C)(C)CN23)=CN1. The Kier molecular flexibility index (Phi) is 4.68. The number of halogens is 1. The summed E-state index contributed by atoms with van der Waals surface area (Å²) in [4.78, 5) is 26.2. The Morgan fingerprint density at radius 2 is 2.19 bits per heavy atom. The Balaban J connectivity index is 1.56. The zero-order chi connectivity index (χ0) is 22.6. The number of nitrogens with one attached hydrogen (secondary N) is 2. The topological polar surface area (TPSA) is 90.1 Å². The molecule has 1 atom stereocenters. The van der Waals surface area contributed by atoms with Crippen LogP contribution in [0.2, 0.25) is 0 Å². The van der Waals surface area contributed by atoms with Gasteiger partial charge in [-0.15, -0.1) is 0 Å². The highest BCUT2D eigenvalue weighted by molar-refractivity contribution is 6.20. The molecule has 1 unspecified atom stereocenters. The lowest BCUT2D eigenvalue weighted by Crippen LogP contribution is -2.48. The second-order valence-electron chi connectivity index (χ2n) is 9.16. The van der Waals surface area contributed by atoms with E-state index in [2.05, 4.69) is 15.6 Å². The highest BCUT2D eigenvalue weighted by Gasteiger charge is 2.45. The fourth-order valence-electron chi connectivity index (χ4n) is 4.29. The predicted molar refractivity (Wildman–Crippen MR) is 123 cm³/mol. The van der Waals surface area contributed by atoms with Gasteiger partial charge in [0.15, 0.2) is 5.82 Å². The summed E-state index contributed by atoms with van der Waals surface area (Å²) >= 11 is 0. The van der Waals surface area contributed by atoms with Crippen molar-refractivity contribution in [3.63, 3.8) is 0 Å². The van der Waals surface area contributed by atoms with E-state index in [9.17, 15) is 9.18 Å². The summed E-state index contributed by atoms with van der Waals surface area (Å²) in [5, 5.41) is 11.4. The zero-order valence-electron chi connectivity index (χ0n) is 18.7. The average Bonchev–Trinajstić information content (AvgIpc) is 3.27. The number of aromatic nitrogens is 2. The van der Waals surface area contributed by atoms with E-state index in [1.807, 2.05) is 36.6 Å². The summed E-state index contributed by atoms with van der Waals surface area (Å²) in [5.41, 5.74) is 1.23. The quantitative estimate of drug-likeness (QED) is 0.754. The molecule has 0 spiro atoms. The zero-order valence-corrected chi connectivity index (χ0v) is 18.7. The average molecular weight is 439 g/mol. The molecule has 0 fully saturated rings. The summed E-state index contributed by atoms with van der Waals surface area (Å²) in [6, 6.07) is -0.143. The van der Waals surface area contributed by atoms with Gasteiger partial charge in [0.2, 0.25) is 5.96 Å². The molecule has 168 valence electrons. The van der Waals surface area contributed by atoms with E-state index in [0.717, 1.165) is 11.4 Å². The van der Waals surface area contributed by atoms with Crippen molar-refractivity contribution in [1.29, 1.82) is 0 Å². The fraction of sp³-hybridized carbons (Fsp3) is 0.455. The number of guanidine groups is 1. The molecule has 0 saturated carbocycles. The van der Waals surface area contributed by atoms with Gasteiger partial charge in [0.1, 0.15) is 17.2 Å². The molecule has 1 aromatic heterocycles. The Morgan fingerprint density at radius 1 is 1.38 bits per heavy atom. The molecule has 1 aromatic rings. The van der Waals surface area contributed by atoms with E-state index < -0.39 is 0 Å². The third-order valence-corrected chi connectivity index (χ3v) is 5.93. The number of carbonyl (C=O) groups excluding carboxylic acids is 1. The van der Waals surface area contributed by atoms with E-state index in [4.69, 9.17) is 10.1 Å². The van der Waals surface area contributed by atoms with Crippen molar-refractivity contribution in [2.24, 2.45) is 9.98 Å². The van der Waals surface area contributed by atoms with Crippen molar-refractivity contribution >= 4 is 29.3 Å². The van der Waals surface area contributed by atoms with Crippen LogP contribution >= 0.6 is 0 Å². The second-order valence-corrected chi connectivity index (χ2v) is 9.16. The molecule has 9 nitrogen and oxygen atoms in total. The lowest BCUT2D eigenvalue weighted by Gasteiger charge is -2.31. The van der Waals surface area contributed by atoms with Gasteiger partial charge in [0.05, 0.1) is 31.0 Å². The number of allylic oxidation sites excluding steroid dienone is 2. The molecule has 0 radical (unpaired) electrons. The maximum absolute atomic E-state index is 13.5. The molecule has 2 N–H and O–H groups in total. The molecular formula is C22H27FN8O. The maximum atomic E-state index is 13.5. The Bertz CT molecular complexity index is 1140. The number of hydrogen-bond acceptors (Lipinski definition) is 7. The molecule has 4 aliphatic rings. The van der Waals surface area contributed by atoms with Crippen LogP contribution in [0.4, 0.5) is 16.0 Å². The van der Waals surface area contributed by atoms with Crippen LogP contribution in [0.5, 0.6) is 0 Å². The van der Waals surface area contributed by atoms with Crippen LogP contribution in [-0.2, 0) is 6.54 Å². The number of amides is 1. The van der Waals surface area contributed by atoms with Crippen LogP contribution in [0.1, 0.15) is 37.6 Å². The van der Waals surface area contributed by atoms with Crippen molar-refractivity contribution in [1.82, 2.24) is 20.0 Å². The first-order valence-corrected chi connectivity index (χ1v) is 10.7. The number of hydrogen-bond donors (Lipinski definition) is 2. The Morgan fingerprint density at radius 3 is 2.88 bits per heavy atom. The van der Waals surface area contributed by atoms with E-state index in [0.29, 0.717) is 49.2 Å². The Labute approximate surface area is 186 Å². The third kappa shape index (κ3) is 3.49. The van der Waals surface area contributed by atoms with Crippen LogP contribution < -0.4 is 15.5 Å². The molecular weight excluding hydrogens is 411 g/mol. The van der Waals surface area contributed by atoms with Crippen molar-refractivity contribution in [3.05, 3.63) is 41.4 Å². The number of nitrogens with zero attached hydrogens (tertiary/aromatic N) is 6. The number of fused-ring (bicyclic) bond motifs is 3. The highest BCUT2D eigenvalue weighted by atomic mass is 19.1. The smallest absolute Gasteiger partial charge is 0.267 e. The Hall–Kier alpha value is -3.43. The van der Waals surface area contributed by atoms with E-state index in [1.165, 1.54) is 12.2 Å². The second kappa shape index (κ2) is 7.32. The number of carbonyl (C=O) groups is 1. The van der Waals surface area contributed by atoms with Gasteiger partial charge >= 0.3 is 0 Å². The molecule has 10 heteroatoms. The monoisotopic (exact) mass is 438 g/mol. The van der Waals surface area contributed by atoms with E-state index in [1.54, 1.807) is 18.0 Å². The van der Waals surface area contributed by atoms with Gasteiger partial charge in [0, 0.05) is 19.3 Å². The standard InChI is InChI=1S/C22H27FN8O/c1-13-24-9-14(10-25-13)11-31-18(26-16-7-5-15(23)6-8-16)17-19(28-31)30-12-22(2,3)27-21(30)29(4)20(17)32/h5-7,9,16,26H,8,10-12H2,1-4H3,(H,24,25). The largest absolute Gasteiger partial charge is 0.363 e. The minimum atomic E-state index is -0.320. The van der Waals surface area contributed by atoms with Crippen molar-refractivity contribution in [2.75, 3.05) is 30.4 Å². The molecule has 32 heavy (non-hydrogen) atoms. The predicted octanol–water partition coefficient (Wildman–Crippen LogP) is 2.42. The normalized spacial score (nSPS) is 23.7. The first-order valence-electron chi connectivity index (χ1n) is 10.7. The lowest BCUT2D eigenvalue weighted by molar-refractivity contribution is 0.0866. The molecule has 3 aliphatic heterocycles. The van der Waals surface area contributed by atoms with Crippen LogP contribution in [0, 0.1) is 0 Å². The molecule has 1 aliphatic carbocycles. The van der Waals surface area contributed by atoms with Gasteiger partial charge in [-0.25, -0.2) is 14.1 Å².